The molecule has 1 fully saturated rings. The van der Waals surface area contributed by atoms with Crippen molar-refractivity contribution in [1.82, 2.24) is 4.72 Å². The highest BCUT2D eigenvalue weighted by Crippen LogP contribution is 2.25. The first-order valence-corrected chi connectivity index (χ1v) is 8.22. The second-order valence-corrected chi connectivity index (χ2v) is 6.81. The summed E-state index contributed by atoms with van der Waals surface area (Å²) in [4.78, 5) is 0.228. The van der Waals surface area contributed by atoms with Gasteiger partial charge in [-0.3, -0.25) is 0 Å². The van der Waals surface area contributed by atoms with Gasteiger partial charge in [0.2, 0.25) is 10.0 Å². The topological polar surface area (TPSA) is 75.6 Å². The first kappa shape index (κ1) is 15.4. The molecule has 0 aliphatic heterocycles. The van der Waals surface area contributed by atoms with E-state index in [2.05, 4.69) is 4.72 Å². The van der Waals surface area contributed by atoms with Crippen LogP contribution in [0, 0.1) is 6.92 Å². The van der Waals surface area contributed by atoms with E-state index < -0.39 is 10.0 Å². The van der Waals surface area contributed by atoms with Gasteiger partial charge < -0.3 is 9.84 Å². The molecule has 20 heavy (non-hydrogen) atoms. The number of rotatable bonds is 5. The molecule has 2 rings (SSSR count). The molecule has 0 aromatic heterocycles. The first-order chi connectivity index (χ1) is 9.49. The Morgan fingerprint density at radius 3 is 2.80 bits per heavy atom. The van der Waals surface area contributed by atoms with Crippen molar-refractivity contribution in [3.05, 3.63) is 29.3 Å². The van der Waals surface area contributed by atoms with E-state index in [1.54, 1.807) is 32.2 Å². The van der Waals surface area contributed by atoms with Crippen molar-refractivity contribution in [2.24, 2.45) is 0 Å². The zero-order chi connectivity index (χ0) is 14.8. The van der Waals surface area contributed by atoms with Crippen molar-refractivity contribution >= 4 is 10.0 Å². The number of hydrogen-bond donors (Lipinski definition) is 2. The molecule has 1 aromatic carbocycles. The Kier molecular flexibility index (Phi) is 4.80. The lowest BCUT2D eigenvalue weighted by Gasteiger charge is -2.20. The number of sulfonamides is 1. The van der Waals surface area contributed by atoms with Gasteiger partial charge in [-0.15, -0.1) is 0 Å². The van der Waals surface area contributed by atoms with E-state index in [1.807, 2.05) is 0 Å². The third kappa shape index (κ3) is 3.03. The fraction of sp³-hybridized carbons (Fsp3) is 0.571. The lowest BCUT2D eigenvalue weighted by molar-refractivity contribution is 0.0916. The summed E-state index contributed by atoms with van der Waals surface area (Å²) in [5, 5.41) is 9.24. The molecule has 5 nitrogen and oxygen atoms in total. The van der Waals surface area contributed by atoms with Crippen molar-refractivity contribution in [3.8, 4) is 0 Å². The second kappa shape index (κ2) is 6.22. The van der Waals surface area contributed by atoms with Crippen molar-refractivity contribution in [2.75, 3.05) is 7.11 Å². The smallest absolute Gasteiger partial charge is 0.241 e. The van der Waals surface area contributed by atoms with E-state index in [0.717, 1.165) is 19.3 Å². The van der Waals surface area contributed by atoms with Crippen molar-refractivity contribution in [1.29, 1.82) is 0 Å². The van der Waals surface area contributed by atoms with Crippen LogP contribution in [-0.2, 0) is 21.4 Å². The van der Waals surface area contributed by atoms with Crippen LogP contribution in [0.1, 0.15) is 30.4 Å². The third-order valence-electron chi connectivity index (χ3n) is 3.92. The Hall–Kier alpha value is -0.950. The van der Waals surface area contributed by atoms with Gasteiger partial charge in [-0.1, -0.05) is 12.1 Å². The van der Waals surface area contributed by atoms with Gasteiger partial charge in [-0.05, 0) is 43.4 Å². The molecule has 1 aromatic rings. The van der Waals surface area contributed by atoms with E-state index in [-0.39, 0.29) is 23.6 Å². The molecule has 0 amide bonds. The molecule has 2 atom stereocenters. The lowest BCUT2D eigenvalue weighted by Crippen LogP contribution is -2.40. The van der Waals surface area contributed by atoms with Crippen molar-refractivity contribution < 1.29 is 18.3 Å². The van der Waals surface area contributed by atoms with Gasteiger partial charge in [0.25, 0.3) is 0 Å². The molecule has 0 bridgehead atoms. The summed E-state index contributed by atoms with van der Waals surface area (Å²) in [6.45, 7) is 1.54. The number of methoxy groups -OCH3 is 1. The number of hydrogen-bond acceptors (Lipinski definition) is 4. The Morgan fingerprint density at radius 2 is 2.15 bits per heavy atom. The standard InChI is InChI=1S/C14H21NO4S/c1-10-11(9-16)5-3-8-14(10)20(17,18)15-12-6-4-7-13(12)19-2/h3,5,8,12-13,15-16H,4,6-7,9H2,1-2H3. The molecule has 6 heteroatoms. The molecule has 0 saturated heterocycles. The zero-order valence-electron chi connectivity index (χ0n) is 11.8. The quantitative estimate of drug-likeness (QED) is 0.860. The number of benzene rings is 1. The molecule has 1 aliphatic carbocycles. The summed E-state index contributed by atoms with van der Waals surface area (Å²) in [6.07, 6.45) is 2.56. The van der Waals surface area contributed by atoms with Crippen LogP contribution in [0.2, 0.25) is 0 Å². The van der Waals surface area contributed by atoms with Crippen LogP contribution in [0.3, 0.4) is 0 Å². The van der Waals surface area contributed by atoms with Gasteiger partial charge in [0.15, 0.2) is 0 Å². The highest BCUT2D eigenvalue weighted by atomic mass is 32.2. The second-order valence-electron chi connectivity index (χ2n) is 5.13. The molecular weight excluding hydrogens is 278 g/mol. The van der Waals surface area contributed by atoms with Gasteiger partial charge in [0.05, 0.1) is 17.6 Å². The van der Waals surface area contributed by atoms with Gasteiger partial charge >= 0.3 is 0 Å². The van der Waals surface area contributed by atoms with Crippen LogP contribution in [-0.4, -0.2) is 32.8 Å². The summed E-state index contributed by atoms with van der Waals surface area (Å²) in [5.41, 5.74) is 1.22. The van der Waals surface area contributed by atoms with Crippen molar-refractivity contribution in [3.63, 3.8) is 0 Å². The monoisotopic (exact) mass is 299 g/mol. The Labute approximate surface area is 120 Å². The maximum atomic E-state index is 12.5. The van der Waals surface area contributed by atoms with E-state index in [4.69, 9.17) is 4.74 Å². The Morgan fingerprint density at radius 1 is 1.40 bits per heavy atom. The largest absolute Gasteiger partial charge is 0.392 e. The fourth-order valence-corrected chi connectivity index (χ4v) is 4.32. The van der Waals surface area contributed by atoms with Crippen LogP contribution < -0.4 is 4.72 Å². The van der Waals surface area contributed by atoms with E-state index >= 15 is 0 Å². The summed E-state index contributed by atoms with van der Waals surface area (Å²) in [5.74, 6) is 0. The minimum atomic E-state index is -3.59. The molecule has 1 saturated carbocycles. The van der Waals surface area contributed by atoms with Crippen LogP contribution in [0.5, 0.6) is 0 Å². The maximum absolute atomic E-state index is 12.5. The molecule has 1 aliphatic rings. The zero-order valence-corrected chi connectivity index (χ0v) is 12.6. The summed E-state index contributed by atoms with van der Waals surface area (Å²) in [7, 11) is -1.99. The number of nitrogens with one attached hydrogen (secondary N) is 1. The maximum Gasteiger partial charge on any atom is 0.241 e. The Balaban J connectivity index is 2.27. The van der Waals surface area contributed by atoms with Crippen LogP contribution >= 0.6 is 0 Å². The molecular formula is C14H21NO4S. The van der Waals surface area contributed by atoms with Crippen molar-refractivity contribution in [2.45, 2.75) is 49.8 Å². The molecule has 0 heterocycles. The number of aliphatic hydroxyl groups is 1. The normalized spacial score (nSPS) is 23.1. The highest BCUT2D eigenvalue weighted by Gasteiger charge is 2.31. The Bertz CT molecular complexity index is 571. The predicted octanol–water partition coefficient (Wildman–Crippen LogP) is 1.33. The number of ether oxygens (including phenoxy) is 1. The minimum absolute atomic E-state index is 0.0638. The third-order valence-corrected chi connectivity index (χ3v) is 5.55. The lowest BCUT2D eigenvalue weighted by atomic mass is 10.1. The molecule has 0 spiro atoms. The van der Waals surface area contributed by atoms with Gasteiger partial charge in [-0.2, -0.15) is 0 Å². The van der Waals surface area contributed by atoms with E-state index in [9.17, 15) is 13.5 Å². The van der Waals surface area contributed by atoms with E-state index in [0.29, 0.717) is 11.1 Å². The van der Waals surface area contributed by atoms with Crippen LogP contribution in [0.25, 0.3) is 0 Å². The molecule has 2 unspecified atom stereocenters. The summed E-state index contributed by atoms with van der Waals surface area (Å²) in [6, 6.07) is 4.76. The highest BCUT2D eigenvalue weighted by molar-refractivity contribution is 7.89. The fourth-order valence-electron chi connectivity index (χ4n) is 2.73. The predicted molar refractivity (Wildman–Crippen MR) is 75.9 cm³/mol. The van der Waals surface area contributed by atoms with Crippen LogP contribution in [0.4, 0.5) is 0 Å². The number of aliphatic hydroxyl groups excluding tert-OH is 1. The van der Waals surface area contributed by atoms with Gasteiger partial charge in [-0.25, -0.2) is 13.1 Å². The van der Waals surface area contributed by atoms with Crippen LogP contribution in [0.15, 0.2) is 23.1 Å². The minimum Gasteiger partial charge on any atom is -0.392 e. The molecule has 2 N–H and O–H groups in total. The average Bonchev–Trinajstić information content (AvgIpc) is 2.85. The average molecular weight is 299 g/mol. The van der Waals surface area contributed by atoms with E-state index in [1.165, 1.54) is 0 Å². The summed E-state index contributed by atoms with van der Waals surface area (Å²) < 4.78 is 33.0. The van der Waals surface area contributed by atoms with Gasteiger partial charge in [0.1, 0.15) is 0 Å². The SMILES string of the molecule is COC1CCCC1NS(=O)(=O)c1cccc(CO)c1C. The first-order valence-electron chi connectivity index (χ1n) is 6.74. The van der Waals surface area contributed by atoms with Gasteiger partial charge in [0, 0.05) is 13.2 Å². The summed E-state index contributed by atoms with van der Waals surface area (Å²) >= 11 is 0. The molecule has 0 radical (unpaired) electrons. The molecule has 112 valence electrons.